The summed E-state index contributed by atoms with van der Waals surface area (Å²) in [4.78, 5) is 0. The lowest BCUT2D eigenvalue weighted by Gasteiger charge is -2.43. The van der Waals surface area contributed by atoms with Crippen LogP contribution in [0, 0.1) is 5.92 Å². The maximum Gasteiger partial charge on any atom is 0.0475 e. The highest BCUT2D eigenvalue weighted by molar-refractivity contribution is 9.10. The highest BCUT2D eigenvalue weighted by Crippen LogP contribution is 2.33. The lowest BCUT2D eigenvalue weighted by Crippen LogP contribution is -2.57. The molecule has 0 amide bonds. The number of hydrogen-bond donors (Lipinski definition) is 1. The zero-order chi connectivity index (χ0) is 13.7. The van der Waals surface area contributed by atoms with Crippen molar-refractivity contribution in [3.8, 4) is 0 Å². The summed E-state index contributed by atoms with van der Waals surface area (Å²) in [6, 6.07) is 8.74. The predicted molar refractivity (Wildman–Crippen MR) is 83.6 cm³/mol. The summed E-state index contributed by atoms with van der Waals surface area (Å²) in [5.74, 6) is 0.728. The molecule has 0 radical (unpaired) electrons. The second-order valence-corrected chi connectivity index (χ2v) is 6.85. The van der Waals surface area contributed by atoms with E-state index in [9.17, 15) is 0 Å². The molecular formula is C16H24BrNO. The monoisotopic (exact) mass is 325 g/mol. The minimum Gasteiger partial charge on any atom is -0.381 e. The average molecular weight is 326 g/mol. The third-order valence-corrected chi connectivity index (χ3v) is 4.48. The van der Waals surface area contributed by atoms with Crippen LogP contribution in [0.5, 0.6) is 0 Å². The van der Waals surface area contributed by atoms with Gasteiger partial charge in [-0.05, 0) is 36.5 Å². The van der Waals surface area contributed by atoms with Gasteiger partial charge < -0.3 is 10.1 Å². The van der Waals surface area contributed by atoms with Crippen molar-refractivity contribution in [1.29, 1.82) is 0 Å². The van der Waals surface area contributed by atoms with Crippen molar-refractivity contribution in [3.05, 3.63) is 34.3 Å². The molecule has 0 bridgehead atoms. The number of benzene rings is 1. The van der Waals surface area contributed by atoms with Crippen LogP contribution in [-0.2, 0) is 10.2 Å². The maximum absolute atomic E-state index is 5.78. The van der Waals surface area contributed by atoms with Crippen LogP contribution < -0.4 is 5.32 Å². The van der Waals surface area contributed by atoms with Crippen molar-refractivity contribution in [2.24, 2.45) is 5.92 Å². The molecule has 1 aliphatic rings. The molecule has 2 rings (SSSR count). The fraction of sp³-hybridized carbons (Fsp3) is 0.625. The van der Waals surface area contributed by atoms with E-state index in [-0.39, 0.29) is 0 Å². The molecule has 3 heteroatoms. The lowest BCUT2D eigenvalue weighted by molar-refractivity contribution is 0.0921. The van der Waals surface area contributed by atoms with Crippen LogP contribution in [0.1, 0.15) is 32.3 Å². The second kappa shape index (κ2) is 6.87. The van der Waals surface area contributed by atoms with E-state index in [1.807, 2.05) is 0 Å². The molecule has 106 valence electrons. The summed E-state index contributed by atoms with van der Waals surface area (Å²) in [7, 11) is 0. The van der Waals surface area contributed by atoms with E-state index >= 15 is 0 Å². The third-order valence-electron chi connectivity index (χ3n) is 3.95. The number of rotatable bonds is 7. The Morgan fingerprint density at radius 3 is 2.42 bits per heavy atom. The number of halogens is 1. The van der Waals surface area contributed by atoms with Gasteiger partial charge in [0.1, 0.15) is 0 Å². The summed E-state index contributed by atoms with van der Waals surface area (Å²) in [6.45, 7) is 8.38. The SMILES string of the molecule is CC(C)CCOCCC1(c2ccc(Br)cc2)CNC1. The Labute approximate surface area is 125 Å². The van der Waals surface area contributed by atoms with Gasteiger partial charge in [0.25, 0.3) is 0 Å². The summed E-state index contributed by atoms with van der Waals surface area (Å²) < 4.78 is 6.93. The van der Waals surface area contributed by atoms with Crippen LogP contribution in [-0.4, -0.2) is 26.3 Å². The fourth-order valence-corrected chi connectivity index (χ4v) is 2.71. The molecule has 0 spiro atoms. The van der Waals surface area contributed by atoms with Gasteiger partial charge in [-0.1, -0.05) is 41.9 Å². The molecule has 19 heavy (non-hydrogen) atoms. The van der Waals surface area contributed by atoms with E-state index in [1.54, 1.807) is 0 Å². The van der Waals surface area contributed by atoms with Gasteiger partial charge in [0, 0.05) is 36.2 Å². The van der Waals surface area contributed by atoms with Gasteiger partial charge in [0.2, 0.25) is 0 Å². The lowest BCUT2D eigenvalue weighted by atomic mass is 9.73. The Morgan fingerprint density at radius 1 is 1.21 bits per heavy atom. The molecule has 1 aromatic carbocycles. The topological polar surface area (TPSA) is 21.3 Å². The molecule has 0 atom stereocenters. The highest BCUT2D eigenvalue weighted by atomic mass is 79.9. The normalized spacial score (nSPS) is 17.5. The Kier molecular flexibility index (Phi) is 5.43. The molecule has 1 aromatic rings. The first-order chi connectivity index (χ1) is 9.12. The minimum atomic E-state index is 0.290. The third kappa shape index (κ3) is 4.04. The van der Waals surface area contributed by atoms with E-state index < -0.39 is 0 Å². The smallest absolute Gasteiger partial charge is 0.0475 e. The zero-order valence-corrected chi connectivity index (χ0v) is 13.5. The molecule has 1 N–H and O–H groups in total. The van der Waals surface area contributed by atoms with E-state index in [0.29, 0.717) is 5.41 Å². The zero-order valence-electron chi connectivity index (χ0n) is 11.9. The molecule has 1 aliphatic heterocycles. The molecular weight excluding hydrogens is 302 g/mol. The number of hydrogen-bond acceptors (Lipinski definition) is 2. The van der Waals surface area contributed by atoms with Crippen molar-refractivity contribution < 1.29 is 4.74 Å². The summed E-state index contributed by atoms with van der Waals surface area (Å²) in [5, 5.41) is 3.41. The standard InChI is InChI=1S/C16H24BrNO/c1-13(2)7-9-19-10-8-16(11-18-12-16)14-3-5-15(17)6-4-14/h3-6,13,18H,7-12H2,1-2H3. The minimum absolute atomic E-state index is 0.290. The summed E-state index contributed by atoms with van der Waals surface area (Å²) >= 11 is 3.50. The van der Waals surface area contributed by atoms with Gasteiger partial charge >= 0.3 is 0 Å². The van der Waals surface area contributed by atoms with E-state index in [1.165, 1.54) is 5.56 Å². The van der Waals surface area contributed by atoms with Crippen molar-refractivity contribution in [2.45, 2.75) is 32.1 Å². The van der Waals surface area contributed by atoms with E-state index in [2.05, 4.69) is 59.4 Å². The van der Waals surface area contributed by atoms with Crippen molar-refractivity contribution in [3.63, 3.8) is 0 Å². The molecule has 1 fully saturated rings. The van der Waals surface area contributed by atoms with E-state index in [0.717, 1.165) is 49.5 Å². The summed E-state index contributed by atoms with van der Waals surface area (Å²) in [6.07, 6.45) is 2.27. The quantitative estimate of drug-likeness (QED) is 0.771. The predicted octanol–water partition coefficient (Wildman–Crippen LogP) is 3.74. The van der Waals surface area contributed by atoms with Crippen molar-refractivity contribution in [2.75, 3.05) is 26.3 Å². The first-order valence-electron chi connectivity index (χ1n) is 7.17. The molecule has 2 nitrogen and oxygen atoms in total. The van der Waals surface area contributed by atoms with Crippen LogP contribution in [0.25, 0.3) is 0 Å². The van der Waals surface area contributed by atoms with Crippen LogP contribution in [0.4, 0.5) is 0 Å². The molecule has 0 unspecified atom stereocenters. The molecule has 1 heterocycles. The molecule has 0 aliphatic carbocycles. The molecule has 1 saturated heterocycles. The first kappa shape index (κ1) is 15.0. The van der Waals surface area contributed by atoms with Crippen LogP contribution in [0.3, 0.4) is 0 Å². The summed E-state index contributed by atoms with van der Waals surface area (Å²) in [5.41, 5.74) is 1.72. The second-order valence-electron chi connectivity index (χ2n) is 5.94. The Balaban J connectivity index is 1.83. The Morgan fingerprint density at radius 2 is 1.89 bits per heavy atom. The Hall–Kier alpha value is -0.380. The van der Waals surface area contributed by atoms with Gasteiger partial charge in [-0.25, -0.2) is 0 Å². The average Bonchev–Trinajstić information content (AvgIpc) is 2.33. The van der Waals surface area contributed by atoms with Gasteiger partial charge in [-0.15, -0.1) is 0 Å². The van der Waals surface area contributed by atoms with Crippen LogP contribution in [0.2, 0.25) is 0 Å². The first-order valence-corrected chi connectivity index (χ1v) is 7.96. The highest BCUT2D eigenvalue weighted by Gasteiger charge is 2.38. The van der Waals surface area contributed by atoms with Gasteiger partial charge in [0.05, 0.1) is 0 Å². The Bertz CT molecular complexity index is 384. The fourth-order valence-electron chi connectivity index (χ4n) is 2.44. The largest absolute Gasteiger partial charge is 0.381 e. The van der Waals surface area contributed by atoms with Gasteiger partial charge in [-0.2, -0.15) is 0 Å². The van der Waals surface area contributed by atoms with Crippen LogP contribution >= 0.6 is 15.9 Å². The molecule has 0 saturated carbocycles. The number of nitrogens with one attached hydrogen (secondary N) is 1. The number of ether oxygens (including phenoxy) is 1. The van der Waals surface area contributed by atoms with Crippen molar-refractivity contribution in [1.82, 2.24) is 5.32 Å². The maximum atomic E-state index is 5.78. The van der Waals surface area contributed by atoms with E-state index in [4.69, 9.17) is 4.74 Å². The van der Waals surface area contributed by atoms with Gasteiger partial charge in [0.15, 0.2) is 0 Å². The van der Waals surface area contributed by atoms with Crippen molar-refractivity contribution >= 4 is 15.9 Å². The van der Waals surface area contributed by atoms with Crippen LogP contribution in [0.15, 0.2) is 28.7 Å². The van der Waals surface area contributed by atoms with Gasteiger partial charge in [-0.3, -0.25) is 0 Å². The molecule has 0 aromatic heterocycles.